The van der Waals surface area contributed by atoms with E-state index in [9.17, 15) is 0 Å². The molecule has 0 fully saturated rings. The van der Waals surface area contributed by atoms with Crippen LogP contribution in [0, 0.1) is 0 Å². The van der Waals surface area contributed by atoms with Gasteiger partial charge in [-0.3, -0.25) is 0 Å². The summed E-state index contributed by atoms with van der Waals surface area (Å²) in [6.45, 7) is 3.56. The molecule has 1 aromatic carbocycles. The lowest BCUT2D eigenvalue weighted by atomic mass is 10.2. The molecule has 2 aromatic heterocycles. The van der Waals surface area contributed by atoms with Crippen molar-refractivity contribution in [1.82, 2.24) is 19.3 Å². The summed E-state index contributed by atoms with van der Waals surface area (Å²) in [6, 6.07) is 8.24. The minimum atomic E-state index is 0.706. The van der Waals surface area contributed by atoms with Crippen molar-refractivity contribution in [2.24, 2.45) is 7.05 Å². The van der Waals surface area contributed by atoms with Crippen LogP contribution in [-0.2, 0) is 13.6 Å². The maximum absolute atomic E-state index is 5.79. The van der Waals surface area contributed by atoms with Crippen molar-refractivity contribution in [2.75, 3.05) is 6.61 Å². The van der Waals surface area contributed by atoms with Crippen molar-refractivity contribution < 1.29 is 4.74 Å². The molecule has 0 saturated heterocycles. The number of hydrogen-bond donors (Lipinski definition) is 0. The predicted molar refractivity (Wildman–Crippen MR) is 77.8 cm³/mol. The lowest BCUT2D eigenvalue weighted by molar-refractivity contribution is 0.321. The van der Waals surface area contributed by atoms with E-state index in [4.69, 9.17) is 4.74 Å². The van der Waals surface area contributed by atoms with Gasteiger partial charge in [0.05, 0.1) is 18.7 Å². The van der Waals surface area contributed by atoms with Crippen molar-refractivity contribution >= 4 is 10.9 Å². The van der Waals surface area contributed by atoms with Gasteiger partial charge < -0.3 is 13.9 Å². The number of nitrogens with zero attached hydrogens (tertiary/aromatic N) is 4. The quantitative estimate of drug-likeness (QED) is 0.716. The van der Waals surface area contributed by atoms with E-state index in [-0.39, 0.29) is 0 Å². The fourth-order valence-electron chi connectivity index (χ4n) is 2.27. The average molecular weight is 270 g/mol. The Morgan fingerprint density at radius 1 is 1.25 bits per heavy atom. The van der Waals surface area contributed by atoms with Crippen molar-refractivity contribution in [2.45, 2.75) is 19.9 Å². The number of hydrogen-bond acceptors (Lipinski definition) is 3. The summed E-state index contributed by atoms with van der Waals surface area (Å²) >= 11 is 0. The van der Waals surface area contributed by atoms with Crippen molar-refractivity contribution in [3.8, 4) is 5.75 Å². The van der Waals surface area contributed by atoms with E-state index in [0.29, 0.717) is 6.54 Å². The maximum Gasteiger partial charge on any atom is 0.152 e. The summed E-state index contributed by atoms with van der Waals surface area (Å²) in [7, 11) is 1.96. The van der Waals surface area contributed by atoms with Gasteiger partial charge in [0.2, 0.25) is 0 Å². The monoisotopic (exact) mass is 270 g/mol. The third-order valence-electron chi connectivity index (χ3n) is 3.35. The fourth-order valence-corrected chi connectivity index (χ4v) is 2.27. The Kier molecular flexibility index (Phi) is 3.41. The van der Waals surface area contributed by atoms with E-state index in [0.717, 1.165) is 35.5 Å². The molecule has 0 amide bonds. The molecule has 5 nitrogen and oxygen atoms in total. The molecule has 0 spiro atoms. The smallest absolute Gasteiger partial charge is 0.152 e. The van der Waals surface area contributed by atoms with Crippen LogP contribution in [0.25, 0.3) is 10.9 Å². The maximum atomic E-state index is 5.79. The molecule has 0 bridgehead atoms. The van der Waals surface area contributed by atoms with Gasteiger partial charge in [0.15, 0.2) is 5.82 Å². The van der Waals surface area contributed by atoms with Crippen LogP contribution in [0.4, 0.5) is 0 Å². The minimum Gasteiger partial charge on any atom is -0.493 e. The SMILES string of the molecule is CCCOc1cccc2c1ccn2Cc1nncn1C. The Labute approximate surface area is 117 Å². The zero-order chi connectivity index (χ0) is 13.9. The van der Waals surface area contributed by atoms with Gasteiger partial charge >= 0.3 is 0 Å². The second-order valence-electron chi connectivity index (χ2n) is 4.84. The van der Waals surface area contributed by atoms with Crippen LogP contribution in [-0.4, -0.2) is 25.9 Å². The number of aryl methyl sites for hydroxylation is 1. The van der Waals surface area contributed by atoms with E-state index in [1.54, 1.807) is 6.33 Å². The molecular weight excluding hydrogens is 252 g/mol. The van der Waals surface area contributed by atoms with Gasteiger partial charge in [0, 0.05) is 18.6 Å². The first-order valence-electron chi connectivity index (χ1n) is 6.83. The van der Waals surface area contributed by atoms with E-state index in [1.165, 1.54) is 0 Å². The lowest BCUT2D eigenvalue weighted by Gasteiger charge is -2.08. The molecule has 0 saturated carbocycles. The number of rotatable bonds is 5. The van der Waals surface area contributed by atoms with Gasteiger partial charge in [0.1, 0.15) is 12.1 Å². The van der Waals surface area contributed by atoms with E-state index >= 15 is 0 Å². The first-order chi connectivity index (χ1) is 9.79. The second-order valence-corrected chi connectivity index (χ2v) is 4.84. The molecule has 20 heavy (non-hydrogen) atoms. The standard InChI is InChI=1S/C15H18N4O/c1-3-9-20-14-6-4-5-13-12(14)7-8-19(13)10-15-17-16-11-18(15)2/h4-8,11H,3,9-10H2,1-2H3. The Morgan fingerprint density at radius 3 is 2.90 bits per heavy atom. The summed E-state index contributed by atoms with van der Waals surface area (Å²) in [5.74, 6) is 1.88. The van der Waals surface area contributed by atoms with Crippen molar-refractivity contribution in [3.05, 3.63) is 42.6 Å². The van der Waals surface area contributed by atoms with Gasteiger partial charge in [0.25, 0.3) is 0 Å². The summed E-state index contributed by atoms with van der Waals surface area (Å²) in [4.78, 5) is 0. The summed E-state index contributed by atoms with van der Waals surface area (Å²) in [5.41, 5.74) is 1.15. The van der Waals surface area contributed by atoms with E-state index in [2.05, 4.69) is 40.0 Å². The molecule has 3 aromatic rings. The first kappa shape index (κ1) is 12.7. The highest BCUT2D eigenvalue weighted by Crippen LogP contribution is 2.27. The molecule has 0 aliphatic rings. The molecule has 3 rings (SSSR count). The summed E-state index contributed by atoms with van der Waals surface area (Å²) in [6.07, 6.45) is 4.80. The molecule has 104 valence electrons. The molecule has 2 heterocycles. The Hall–Kier alpha value is -2.30. The van der Waals surface area contributed by atoms with Crippen LogP contribution in [0.2, 0.25) is 0 Å². The highest BCUT2D eigenvalue weighted by Gasteiger charge is 2.08. The zero-order valence-corrected chi connectivity index (χ0v) is 11.8. The van der Waals surface area contributed by atoms with Crippen molar-refractivity contribution in [3.63, 3.8) is 0 Å². The predicted octanol–water partition coefficient (Wildman–Crippen LogP) is 2.61. The number of benzene rings is 1. The molecule has 0 aliphatic heterocycles. The van der Waals surface area contributed by atoms with Crippen LogP contribution in [0.15, 0.2) is 36.8 Å². The van der Waals surface area contributed by atoms with Crippen LogP contribution in [0.3, 0.4) is 0 Å². The Balaban J connectivity index is 1.95. The van der Waals surface area contributed by atoms with Gasteiger partial charge in [-0.2, -0.15) is 0 Å². The highest BCUT2D eigenvalue weighted by molar-refractivity contribution is 5.86. The molecule has 0 aliphatic carbocycles. The van der Waals surface area contributed by atoms with Crippen LogP contribution >= 0.6 is 0 Å². The van der Waals surface area contributed by atoms with Crippen LogP contribution < -0.4 is 4.74 Å². The van der Waals surface area contributed by atoms with Crippen molar-refractivity contribution in [1.29, 1.82) is 0 Å². The van der Waals surface area contributed by atoms with Gasteiger partial charge in [-0.25, -0.2) is 0 Å². The van der Waals surface area contributed by atoms with Gasteiger partial charge in [-0.1, -0.05) is 13.0 Å². The topological polar surface area (TPSA) is 44.9 Å². The molecule has 0 atom stereocenters. The normalized spacial score (nSPS) is 11.1. The van der Waals surface area contributed by atoms with E-state index < -0.39 is 0 Å². The van der Waals surface area contributed by atoms with Gasteiger partial charge in [-0.15, -0.1) is 10.2 Å². The third kappa shape index (κ3) is 2.27. The zero-order valence-electron chi connectivity index (χ0n) is 11.8. The Morgan fingerprint density at radius 2 is 2.15 bits per heavy atom. The molecular formula is C15H18N4O. The second kappa shape index (κ2) is 5.36. The number of ether oxygens (including phenoxy) is 1. The number of aromatic nitrogens is 4. The highest BCUT2D eigenvalue weighted by atomic mass is 16.5. The van der Waals surface area contributed by atoms with Crippen LogP contribution in [0.1, 0.15) is 19.2 Å². The molecule has 0 radical (unpaired) electrons. The molecule has 0 N–H and O–H groups in total. The fraction of sp³-hybridized carbons (Fsp3) is 0.333. The molecule has 5 heteroatoms. The minimum absolute atomic E-state index is 0.706. The summed E-state index contributed by atoms with van der Waals surface area (Å²) < 4.78 is 9.89. The largest absolute Gasteiger partial charge is 0.493 e. The lowest BCUT2D eigenvalue weighted by Crippen LogP contribution is -2.04. The summed E-state index contributed by atoms with van der Waals surface area (Å²) in [5, 5.41) is 9.19. The first-order valence-corrected chi connectivity index (χ1v) is 6.83. The average Bonchev–Trinajstić information content (AvgIpc) is 3.05. The Bertz CT molecular complexity index is 714. The molecule has 0 unspecified atom stereocenters. The third-order valence-corrected chi connectivity index (χ3v) is 3.35. The number of fused-ring (bicyclic) bond motifs is 1. The van der Waals surface area contributed by atoms with Gasteiger partial charge in [-0.05, 0) is 24.6 Å². The van der Waals surface area contributed by atoms with E-state index in [1.807, 2.05) is 23.7 Å². The van der Waals surface area contributed by atoms with Crippen LogP contribution in [0.5, 0.6) is 5.75 Å².